The number of carbonyl (C=O) groups excluding carboxylic acids is 1. The Kier molecular flexibility index (Phi) is 5.68. The summed E-state index contributed by atoms with van der Waals surface area (Å²) in [7, 11) is 1.85. The second kappa shape index (κ2) is 8.76. The SMILES string of the molecule is Cc1ccc2c(c1)CN(CC(=O)N(C)Cc1cnc3ccccn13)CC(c1ccsc1)O2. The van der Waals surface area contributed by atoms with Crippen molar-refractivity contribution in [3.63, 3.8) is 0 Å². The molecule has 0 saturated heterocycles. The van der Waals surface area contributed by atoms with Crippen LogP contribution in [0.5, 0.6) is 5.75 Å². The average molecular weight is 447 g/mol. The van der Waals surface area contributed by atoms with E-state index in [1.165, 1.54) is 5.56 Å². The molecule has 1 aliphatic rings. The summed E-state index contributed by atoms with van der Waals surface area (Å²) in [6.07, 6.45) is 3.72. The zero-order valence-corrected chi connectivity index (χ0v) is 19.1. The van der Waals surface area contributed by atoms with Gasteiger partial charge in [0.1, 0.15) is 17.5 Å². The van der Waals surface area contributed by atoms with Crippen LogP contribution in [0.25, 0.3) is 5.65 Å². The van der Waals surface area contributed by atoms with E-state index in [4.69, 9.17) is 4.74 Å². The van der Waals surface area contributed by atoms with Crippen LogP contribution in [0.15, 0.2) is 65.6 Å². The van der Waals surface area contributed by atoms with Gasteiger partial charge in [0.25, 0.3) is 0 Å². The van der Waals surface area contributed by atoms with Crippen LogP contribution in [0.1, 0.15) is 28.5 Å². The van der Waals surface area contributed by atoms with E-state index in [1.54, 1.807) is 16.2 Å². The lowest BCUT2D eigenvalue weighted by Crippen LogP contribution is -2.39. The second-order valence-electron chi connectivity index (χ2n) is 8.37. The van der Waals surface area contributed by atoms with Crippen molar-refractivity contribution < 1.29 is 9.53 Å². The van der Waals surface area contributed by atoms with Gasteiger partial charge < -0.3 is 14.0 Å². The predicted molar refractivity (Wildman–Crippen MR) is 126 cm³/mol. The number of aromatic nitrogens is 2. The molecule has 0 bridgehead atoms. The summed E-state index contributed by atoms with van der Waals surface area (Å²) in [4.78, 5) is 21.6. The van der Waals surface area contributed by atoms with Crippen LogP contribution < -0.4 is 4.74 Å². The number of fused-ring (bicyclic) bond motifs is 2. The van der Waals surface area contributed by atoms with Gasteiger partial charge in [0.05, 0.1) is 25.0 Å². The highest BCUT2D eigenvalue weighted by Gasteiger charge is 2.27. The van der Waals surface area contributed by atoms with Gasteiger partial charge >= 0.3 is 0 Å². The number of imidazole rings is 1. The van der Waals surface area contributed by atoms with Crippen molar-refractivity contribution in [2.45, 2.75) is 26.1 Å². The van der Waals surface area contributed by atoms with Gasteiger partial charge in [-0.25, -0.2) is 4.98 Å². The van der Waals surface area contributed by atoms with E-state index in [9.17, 15) is 4.79 Å². The fraction of sp³-hybridized carbons (Fsp3) is 0.280. The first-order chi connectivity index (χ1) is 15.6. The Bertz CT molecular complexity index is 1230. The van der Waals surface area contributed by atoms with Crippen molar-refractivity contribution in [2.24, 2.45) is 0 Å². The molecule has 0 saturated carbocycles. The molecule has 1 unspecified atom stereocenters. The van der Waals surface area contributed by atoms with Crippen molar-refractivity contribution >= 4 is 22.9 Å². The lowest BCUT2D eigenvalue weighted by atomic mass is 10.1. The normalized spacial score (nSPS) is 16.4. The molecule has 6 nitrogen and oxygen atoms in total. The largest absolute Gasteiger partial charge is 0.484 e. The van der Waals surface area contributed by atoms with Crippen LogP contribution in [0, 0.1) is 6.92 Å². The first-order valence-corrected chi connectivity index (χ1v) is 11.7. The zero-order valence-electron chi connectivity index (χ0n) is 18.3. The molecule has 0 aliphatic carbocycles. The van der Waals surface area contributed by atoms with Gasteiger partial charge in [-0.1, -0.05) is 23.8 Å². The fourth-order valence-corrected chi connectivity index (χ4v) is 4.88. The van der Waals surface area contributed by atoms with E-state index in [0.29, 0.717) is 26.2 Å². The molecule has 7 heteroatoms. The van der Waals surface area contributed by atoms with Crippen LogP contribution in [0.2, 0.25) is 0 Å². The number of aryl methyl sites for hydroxylation is 1. The molecular formula is C25H26N4O2S. The fourth-order valence-electron chi connectivity index (χ4n) is 4.17. The van der Waals surface area contributed by atoms with E-state index in [2.05, 4.69) is 45.8 Å². The van der Waals surface area contributed by atoms with Crippen LogP contribution in [-0.4, -0.2) is 45.2 Å². The minimum absolute atomic E-state index is 0.0797. The number of rotatable bonds is 5. The summed E-state index contributed by atoms with van der Waals surface area (Å²) < 4.78 is 8.41. The predicted octanol–water partition coefficient (Wildman–Crippen LogP) is 4.30. The third-order valence-corrected chi connectivity index (χ3v) is 6.60. The molecule has 1 atom stereocenters. The van der Waals surface area contributed by atoms with Crippen LogP contribution in [-0.2, 0) is 17.9 Å². The van der Waals surface area contributed by atoms with E-state index >= 15 is 0 Å². The van der Waals surface area contributed by atoms with Gasteiger partial charge in [0.15, 0.2) is 0 Å². The maximum Gasteiger partial charge on any atom is 0.236 e. The van der Waals surface area contributed by atoms with E-state index in [-0.39, 0.29) is 12.0 Å². The van der Waals surface area contributed by atoms with Crippen molar-refractivity contribution in [1.29, 1.82) is 0 Å². The Morgan fingerprint density at radius 3 is 3.03 bits per heavy atom. The molecule has 5 rings (SSSR count). The third kappa shape index (κ3) is 4.26. The first kappa shape index (κ1) is 20.7. The third-order valence-electron chi connectivity index (χ3n) is 5.90. The zero-order chi connectivity index (χ0) is 22.1. The minimum Gasteiger partial charge on any atom is -0.484 e. The summed E-state index contributed by atoms with van der Waals surface area (Å²) in [6.45, 7) is 4.29. The molecule has 4 aromatic rings. The number of likely N-dealkylation sites (N-methyl/N-ethyl adjacent to an activating group) is 1. The van der Waals surface area contributed by atoms with Crippen molar-refractivity contribution in [2.75, 3.05) is 20.1 Å². The Morgan fingerprint density at radius 2 is 2.19 bits per heavy atom. The van der Waals surface area contributed by atoms with Crippen LogP contribution >= 0.6 is 11.3 Å². The van der Waals surface area contributed by atoms with Gasteiger partial charge in [-0.15, -0.1) is 0 Å². The number of benzene rings is 1. The van der Waals surface area contributed by atoms with Crippen molar-refractivity contribution in [3.8, 4) is 5.75 Å². The second-order valence-corrected chi connectivity index (χ2v) is 9.15. The average Bonchev–Trinajstić information content (AvgIpc) is 3.42. The first-order valence-electron chi connectivity index (χ1n) is 10.7. The highest BCUT2D eigenvalue weighted by atomic mass is 32.1. The van der Waals surface area contributed by atoms with Crippen molar-refractivity contribution in [3.05, 3.63) is 88.0 Å². The molecule has 0 fully saturated rings. The highest BCUT2D eigenvalue weighted by molar-refractivity contribution is 7.07. The smallest absolute Gasteiger partial charge is 0.236 e. The lowest BCUT2D eigenvalue weighted by Gasteiger charge is -2.25. The van der Waals surface area contributed by atoms with Gasteiger partial charge in [0, 0.05) is 37.5 Å². The Morgan fingerprint density at radius 1 is 1.28 bits per heavy atom. The van der Waals surface area contributed by atoms with E-state index < -0.39 is 0 Å². The molecule has 32 heavy (non-hydrogen) atoms. The summed E-state index contributed by atoms with van der Waals surface area (Å²) in [5.41, 5.74) is 5.35. The molecule has 164 valence electrons. The molecule has 0 N–H and O–H groups in total. The van der Waals surface area contributed by atoms with E-state index in [0.717, 1.165) is 28.2 Å². The van der Waals surface area contributed by atoms with Crippen LogP contribution in [0.4, 0.5) is 0 Å². The van der Waals surface area contributed by atoms with Crippen LogP contribution in [0.3, 0.4) is 0 Å². The number of nitrogens with zero attached hydrogens (tertiary/aromatic N) is 4. The molecular weight excluding hydrogens is 420 g/mol. The topological polar surface area (TPSA) is 50.1 Å². The monoisotopic (exact) mass is 446 g/mol. The lowest BCUT2D eigenvalue weighted by molar-refractivity contribution is -0.132. The Balaban J connectivity index is 1.33. The van der Waals surface area contributed by atoms with Crippen molar-refractivity contribution in [1.82, 2.24) is 19.2 Å². The van der Waals surface area contributed by atoms with E-state index in [1.807, 2.05) is 48.1 Å². The maximum atomic E-state index is 13.2. The Labute approximate surface area is 191 Å². The molecule has 3 aromatic heterocycles. The molecule has 1 aromatic carbocycles. The molecule has 1 amide bonds. The maximum absolute atomic E-state index is 13.2. The summed E-state index contributed by atoms with van der Waals surface area (Å²) in [6, 6.07) is 14.3. The molecule has 4 heterocycles. The molecule has 0 radical (unpaired) electrons. The number of ether oxygens (including phenoxy) is 1. The summed E-state index contributed by atoms with van der Waals surface area (Å²) in [5.74, 6) is 0.983. The number of thiophene rings is 1. The number of pyridine rings is 1. The number of hydrogen-bond acceptors (Lipinski definition) is 5. The molecule has 1 aliphatic heterocycles. The minimum atomic E-state index is -0.0953. The number of carbonyl (C=O) groups is 1. The summed E-state index contributed by atoms with van der Waals surface area (Å²) in [5, 5.41) is 4.19. The molecule has 0 spiro atoms. The summed E-state index contributed by atoms with van der Waals surface area (Å²) >= 11 is 1.66. The van der Waals surface area contributed by atoms with Gasteiger partial charge in [-0.2, -0.15) is 11.3 Å². The Hall–Kier alpha value is -3.16. The number of amides is 1. The van der Waals surface area contributed by atoms with Gasteiger partial charge in [-0.3, -0.25) is 9.69 Å². The standard InChI is InChI=1S/C25H26N4O2S/c1-18-6-7-22-20(11-18)13-28(15-23(31-22)19-8-10-32-17-19)16-25(30)27(2)14-21-12-26-24-5-3-4-9-29(21)24/h3-12,17,23H,13-16H2,1-2H3. The van der Waals surface area contributed by atoms with Gasteiger partial charge in [-0.05, 0) is 41.9 Å². The van der Waals surface area contributed by atoms with Gasteiger partial charge in [0.2, 0.25) is 5.91 Å². The quantitative estimate of drug-likeness (QED) is 0.459. The number of hydrogen-bond donors (Lipinski definition) is 0. The highest BCUT2D eigenvalue weighted by Crippen LogP contribution is 2.32.